The van der Waals surface area contributed by atoms with Crippen molar-refractivity contribution in [1.29, 1.82) is 0 Å². The van der Waals surface area contributed by atoms with E-state index in [-0.39, 0.29) is 12.0 Å². The van der Waals surface area contributed by atoms with Crippen LogP contribution in [0.3, 0.4) is 0 Å². The Morgan fingerprint density at radius 3 is 2.58 bits per heavy atom. The summed E-state index contributed by atoms with van der Waals surface area (Å²) in [7, 11) is 1.74. The molecule has 2 rings (SSSR count). The summed E-state index contributed by atoms with van der Waals surface area (Å²) in [5.74, 6) is -1.99. The number of ether oxygens (including phenoxy) is 1. The molecule has 1 amide bonds. The number of hydrogen-bond acceptors (Lipinski definition) is 3. The number of carbonyl (C=O) groups is 2. The minimum atomic E-state index is -0.881. The molecule has 0 spiro atoms. The van der Waals surface area contributed by atoms with Crippen LogP contribution >= 0.6 is 0 Å². The highest BCUT2D eigenvalue weighted by Gasteiger charge is 2.36. The molecule has 3 atom stereocenters. The first-order valence-corrected chi connectivity index (χ1v) is 6.84. The van der Waals surface area contributed by atoms with Crippen LogP contribution in [0, 0.1) is 11.8 Å². The maximum Gasteiger partial charge on any atom is 0.307 e. The van der Waals surface area contributed by atoms with E-state index in [2.05, 4.69) is 0 Å². The number of hydrogen-bond donors (Lipinski definition) is 1. The Balaban J connectivity index is 1.96. The molecule has 0 aromatic heterocycles. The third-order valence-corrected chi connectivity index (χ3v) is 3.94. The van der Waals surface area contributed by atoms with Gasteiger partial charge in [0, 0.05) is 20.2 Å². The third-order valence-electron chi connectivity index (χ3n) is 3.94. The number of aliphatic carboxylic acids is 1. The molecule has 1 aliphatic heterocycles. The fraction of sp³-hybridized carbons (Fsp3) is 0.714. The average molecular weight is 267 g/mol. The highest BCUT2D eigenvalue weighted by molar-refractivity contribution is 5.85. The van der Waals surface area contributed by atoms with Gasteiger partial charge in [-0.2, -0.15) is 0 Å². The van der Waals surface area contributed by atoms with Crippen LogP contribution in [0.2, 0.25) is 0 Å². The van der Waals surface area contributed by atoms with Gasteiger partial charge in [0.2, 0.25) is 5.91 Å². The zero-order valence-electron chi connectivity index (χ0n) is 11.2. The third kappa shape index (κ3) is 3.35. The van der Waals surface area contributed by atoms with Crippen LogP contribution < -0.4 is 0 Å². The maximum absolute atomic E-state index is 12.4. The van der Waals surface area contributed by atoms with Crippen LogP contribution in [-0.4, -0.2) is 48.2 Å². The molecular formula is C14H21NO4. The van der Waals surface area contributed by atoms with Crippen molar-refractivity contribution in [2.24, 2.45) is 11.8 Å². The Labute approximate surface area is 113 Å². The fourth-order valence-electron chi connectivity index (χ4n) is 2.83. The number of carboxylic acid groups (broad SMARTS) is 1. The van der Waals surface area contributed by atoms with Crippen LogP contribution in [0.5, 0.6) is 0 Å². The Bertz CT molecular complexity index is 374. The molecule has 2 aliphatic rings. The molecule has 106 valence electrons. The topological polar surface area (TPSA) is 66.8 Å². The van der Waals surface area contributed by atoms with E-state index in [1.54, 1.807) is 11.9 Å². The number of carbonyl (C=O) groups excluding carboxylic acids is 1. The summed E-state index contributed by atoms with van der Waals surface area (Å²) in [4.78, 5) is 25.2. The Hall–Kier alpha value is -1.36. The zero-order chi connectivity index (χ0) is 13.8. The van der Waals surface area contributed by atoms with Gasteiger partial charge in [-0.25, -0.2) is 0 Å². The molecule has 0 saturated carbocycles. The van der Waals surface area contributed by atoms with Gasteiger partial charge >= 0.3 is 5.97 Å². The highest BCUT2D eigenvalue weighted by Crippen LogP contribution is 2.27. The molecule has 1 N–H and O–H groups in total. The van der Waals surface area contributed by atoms with Crippen molar-refractivity contribution >= 4 is 11.9 Å². The van der Waals surface area contributed by atoms with Crippen molar-refractivity contribution in [3.8, 4) is 0 Å². The average Bonchev–Trinajstić information content (AvgIpc) is 2.90. The molecule has 1 heterocycles. The van der Waals surface area contributed by atoms with E-state index in [1.165, 1.54) is 0 Å². The second-order valence-corrected chi connectivity index (χ2v) is 5.35. The maximum atomic E-state index is 12.4. The van der Waals surface area contributed by atoms with E-state index < -0.39 is 17.8 Å². The molecule has 0 aromatic rings. The molecule has 0 bridgehead atoms. The molecule has 0 aromatic carbocycles. The number of amides is 1. The summed E-state index contributed by atoms with van der Waals surface area (Å²) in [5, 5.41) is 9.19. The molecule has 1 saturated heterocycles. The van der Waals surface area contributed by atoms with Crippen molar-refractivity contribution in [3.05, 3.63) is 12.2 Å². The van der Waals surface area contributed by atoms with Crippen molar-refractivity contribution in [2.45, 2.75) is 31.8 Å². The smallest absolute Gasteiger partial charge is 0.307 e. The fourth-order valence-corrected chi connectivity index (χ4v) is 2.83. The normalized spacial score (nSPS) is 30.3. The van der Waals surface area contributed by atoms with E-state index in [9.17, 15) is 14.7 Å². The van der Waals surface area contributed by atoms with Crippen LogP contribution in [0.4, 0.5) is 0 Å². The molecule has 1 aliphatic carbocycles. The van der Waals surface area contributed by atoms with Crippen LogP contribution in [0.1, 0.15) is 25.7 Å². The standard InChI is InChI=1S/C14H21NO4/c1-15(9-10-5-4-8-19-10)13(16)11-6-2-3-7-12(11)14(17)18/h2-3,10-12H,4-9H2,1H3,(H,17,18). The van der Waals surface area contributed by atoms with Crippen LogP contribution in [0.25, 0.3) is 0 Å². The molecule has 5 heteroatoms. The lowest BCUT2D eigenvalue weighted by Crippen LogP contribution is -2.42. The number of nitrogens with zero attached hydrogens (tertiary/aromatic N) is 1. The SMILES string of the molecule is CN(CC1CCCO1)C(=O)C1CC=CCC1C(=O)O. The van der Waals surface area contributed by atoms with Gasteiger partial charge < -0.3 is 14.7 Å². The van der Waals surface area contributed by atoms with Crippen molar-refractivity contribution in [1.82, 2.24) is 4.90 Å². The Morgan fingerprint density at radius 2 is 2.00 bits per heavy atom. The van der Waals surface area contributed by atoms with E-state index in [4.69, 9.17) is 4.74 Å². The van der Waals surface area contributed by atoms with Crippen molar-refractivity contribution in [3.63, 3.8) is 0 Å². The number of carboxylic acids is 1. The number of allylic oxidation sites excluding steroid dienone is 2. The summed E-state index contributed by atoms with van der Waals surface area (Å²) in [5.41, 5.74) is 0. The summed E-state index contributed by atoms with van der Waals surface area (Å²) >= 11 is 0. The Kier molecular flexibility index (Phi) is 4.58. The van der Waals surface area contributed by atoms with E-state index in [0.717, 1.165) is 19.4 Å². The first-order valence-electron chi connectivity index (χ1n) is 6.84. The first-order chi connectivity index (χ1) is 9.09. The number of rotatable bonds is 4. The van der Waals surface area contributed by atoms with Crippen LogP contribution in [0.15, 0.2) is 12.2 Å². The first kappa shape index (κ1) is 14.1. The molecule has 19 heavy (non-hydrogen) atoms. The second kappa shape index (κ2) is 6.19. The van der Waals surface area contributed by atoms with Gasteiger partial charge in [0.15, 0.2) is 0 Å². The van der Waals surface area contributed by atoms with Gasteiger partial charge in [0.1, 0.15) is 0 Å². The molecule has 0 radical (unpaired) electrons. The van der Waals surface area contributed by atoms with Gasteiger partial charge in [0.05, 0.1) is 17.9 Å². The van der Waals surface area contributed by atoms with E-state index in [1.807, 2.05) is 12.2 Å². The van der Waals surface area contributed by atoms with E-state index >= 15 is 0 Å². The summed E-state index contributed by atoms with van der Waals surface area (Å²) < 4.78 is 5.51. The minimum Gasteiger partial charge on any atom is -0.481 e. The summed E-state index contributed by atoms with van der Waals surface area (Å²) in [6.45, 7) is 1.32. The van der Waals surface area contributed by atoms with Gasteiger partial charge in [-0.05, 0) is 25.7 Å². The zero-order valence-corrected chi connectivity index (χ0v) is 11.2. The van der Waals surface area contributed by atoms with Gasteiger partial charge in [-0.15, -0.1) is 0 Å². The van der Waals surface area contributed by atoms with Crippen LogP contribution in [-0.2, 0) is 14.3 Å². The summed E-state index contributed by atoms with van der Waals surface area (Å²) in [6.07, 6.45) is 6.84. The number of likely N-dealkylation sites (N-methyl/N-ethyl adjacent to an activating group) is 1. The molecule has 5 nitrogen and oxygen atoms in total. The van der Waals surface area contributed by atoms with Crippen molar-refractivity contribution in [2.75, 3.05) is 20.2 Å². The lowest BCUT2D eigenvalue weighted by atomic mass is 9.82. The molecule has 1 fully saturated rings. The van der Waals surface area contributed by atoms with Gasteiger partial charge in [-0.3, -0.25) is 9.59 Å². The molecule has 3 unspecified atom stereocenters. The largest absolute Gasteiger partial charge is 0.481 e. The lowest BCUT2D eigenvalue weighted by Gasteiger charge is -2.29. The Morgan fingerprint density at radius 1 is 1.32 bits per heavy atom. The predicted octanol–water partition coefficient (Wildman–Crippen LogP) is 1.29. The summed E-state index contributed by atoms with van der Waals surface area (Å²) in [6, 6.07) is 0. The predicted molar refractivity (Wildman–Crippen MR) is 69.6 cm³/mol. The van der Waals surface area contributed by atoms with E-state index in [0.29, 0.717) is 19.4 Å². The van der Waals surface area contributed by atoms with Crippen molar-refractivity contribution < 1.29 is 19.4 Å². The minimum absolute atomic E-state index is 0.0766. The quantitative estimate of drug-likeness (QED) is 0.779. The van der Waals surface area contributed by atoms with Gasteiger partial charge in [-0.1, -0.05) is 12.2 Å². The lowest BCUT2D eigenvalue weighted by molar-refractivity contribution is -0.150. The molecular weight excluding hydrogens is 246 g/mol. The highest BCUT2D eigenvalue weighted by atomic mass is 16.5. The van der Waals surface area contributed by atoms with Gasteiger partial charge in [0.25, 0.3) is 0 Å². The monoisotopic (exact) mass is 267 g/mol. The second-order valence-electron chi connectivity index (χ2n) is 5.35.